The van der Waals surface area contributed by atoms with E-state index in [0.717, 1.165) is 30.0 Å². The van der Waals surface area contributed by atoms with Gasteiger partial charge in [-0.25, -0.2) is 4.98 Å². The molecule has 0 radical (unpaired) electrons. The minimum Gasteiger partial charge on any atom is -0.383 e. The van der Waals surface area contributed by atoms with Crippen LogP contribution in [0.3, 0.4) is 0 Å². The van der Waals surface area contributed by atoms with Gasteiger partial charge in [-0.3, -0.25) is 4.68 Å². The summed E-state index contributed by atoms with van der Waals surface area (Å²) in [5.74, 6) is 0.979. The molecule has 0 aliphatic rings. The normalized spacial score (nSPS) is 12.3. The van der Waals surface area contributed by atoms with Crippen LogP contribution in [-0.4, -0.2) is 25.4 Å². The summed E-state index contributed by atoms with van der Waals surface area (Å²) in [7, 11) is 2.01. The molecule has 2 aromatic heterocycles. The summed E-state index contributed by atoms with van der Waals surface area (Å²) in [6.07, 6.45) is 8.61. The van der Waals surface area contributed by atoms with Crippen LogP contribution in [0.5, 0.6) is 0 Å². The number of hydrogen-bond acceptors (Lipinski definition) is 3. The van der Waals surface area contributed by atoms with Crippen LogP contribution < -0.4 is 5.32 Å². The number of anilines is 1. The van der Waals surface area contributed by atoms with Crippen LogP contribution in [0.2, 0.25) is 0 Å². The average molecular weight is 295 g/mol. The van der Waals surface area contributed by atoms with Gasteiger partial charge in [0.1, 0.15) is 5.82 Å². The predicted octanol–water partition coefficient (Wildman–Crippen LogP) is 3.17. The van der Waals surface area contributed by atoms with Gasteiger partial charge in [0.15, 0.2) is 0 Å². The highest BCUT2D eigenvalue weighted by Crippen LogP contribution is 2.21. The van der Waals surface area contributed by atoms with Crippen molar-refractivity contribution in [1.82, 2.24) is 19.3 Å². The average Bonchev–Trinajstić information content (AvgIpc) is 3.16. The van der Waals surface area contributed by atoms with Crippen LogP contribution in [0.1, 0.15) is 13.3 Å². The first-order valence-electron chi connectivity index (χ1n) is 7.54. The van der Waals surface area contributed by atoms with E-state index in [-0.39, 0.29) is 0 Å². The summed E-state index contributed by atoms with van der Waals surface area (Å²) >= 11 is 0. The van der Waals surface area contributed by atoms with Crippen LogP contribution in [-0.2, 0) is 13.6 Å². The summed E-state index contributed by atoms with van der Waals surface area (Å²) in [4.78, 5) is 4.40. The first-order chi connectivity index (χ1) is 10.7. The highest BCUT2D eigenvalue weighted by atomic mass is 15.3. The minimum atomic E-state index is 0.376. The fraction of sp³-hybridized carbons (Fsp3) is 0.294. The van der Waals surface area contributed by atoms with E-state index in [1.54, 1.807) is 0 Å². The number of nitrogens with one attached hydrogen (secondary N) is 1. The van der Waals surface area contributed by atoms with Gasteiger partial charge in [0.2, 0.25) is 0 Å². The topological polar surface area (TPSA) is 47.7 Å². The quantitative estimate of drug-likeness (QED) is 0.760. The lowest BCUT2D eigenvalue weighted by Crippen LogP contribution is -2.17. The van der Waals surface area contributed by atoms with Crippen molar-refractivity contribution in [2.24, 2.45) is 7.05 Å². The van der Waals surface area contributed by atoms with Crippen LogP contribution in [0.25, 0.3) is 11.4 Å². The summed E-state index contributed by atoms with van der Waals surface area (Å²) in [6.45, 7) is 3.11. The molecule has 5 heteroatoms. The Morgan fingerprint density at radius 2 is 2.09 bits per heavy atom. The Balaban J connectivity index is 1.64. The number of rotatable bonds is 6. The van der Waals surface area contributed by atoms with Crippen molar-refractivity contribution in [3.63, 3.8) is 0 Å². The summed E-state index contributed by atoms with van der Waals surface area (Å²) < 4.78 is 3.99. The van der Waals surface area contributed by atoms with Gasteiger partial charge in [0.25, 0.3) is 0 Å². The van der Waals surface area contributed by atoms with E-state index < -0.39 is 0 Å². The van der Waals surface area contributed by atoms with Gasteiger partial charge in [-0.2, -0.15) is 5.10 Å². The summed E-state index contributed by atoms with van der Waals surface area (Å²) in [5, 5.41) is 7.78. The highest BCUT2D eigenvalue weighted by molar-refractivity contribution is 5.62. The van der Waals surface area contributed by atoms with E-state index in [9.17, 15) is 0 Å². The third-order valence-electron chi connectivity index (χ3n) is 3.71. The molecule has 0 aliphatic heterocycles. The van der Waals surface area contributed by atoms with Gasteiger partial charge < -0.3 is 9.88 Å². The van der Waals surface area contributed by atoms with Gasteiger partial charge in [-0.1, -0.05) is 12.1 Å². The Hall–Kier alpha value is -2.56. The maximum Gasteiger partial charge on any atom is 0.139 e. The Labute approximate surface area is 130 Å². The standard InChI is InChI=1S/C17H21N5/c1-14(7-11-22-10-4-8-19-22)20-16-6-3-5-15(13-16)17-18-9-12-21(17)2/h3-6,8-10,12-14,20H,7,11H2,1-2H3/t14-/m0/s1. The van der Waals surface area contributed by atoms with Crippen molar-refractivity contribution in [2.75, 3.05) is 5.32 Å². The molecular formula is C17H21N5. The predicted molar refractivity (Wildman–Crippen MR) is 88.6 cm³/mol. The van der Waals surface area contributed by atoms with Crippen molar-refractivity contribution in [2.45, 2.75) is 25.9 Å². The Morgan fingerprint density at radius 3 is 2.82 bits per heavy atom. The third-order valence-corrected chi connectivity index (χ3v) is 3.71. The van der Waals surface area contributed by atoms with E-state index in [1.165, 1.54) is 0 Å². The zero-order valence-corrected chi connectivity index (χ0v) is 13.0. The molecule has 0 saturated carbocycles. The van der Waals surface area contributed by atoms with Crippen molar-refractivity contribution in [1.29, 1.82) is 0 Å². The number of imidazole rings is 1. The number of aryl methyl sites for hydroxylation is 2. The number of nitrogens with zero attached hydrogens (tertiary/aromatic N) is 4. The second-order valence-corrected chi connectivity index (χ2v) is 5.55. The molecule has 0 spiro atoms. The monoisotopic (exact) mass is 295 g/mol. The molecule has 0 saturated heterocycles. The molecule has 2 heterocycles. The Bertz CT molecular complexity index is 714. The van der Waals surface area contributed by atoms with Crippen LogP contribution in [0, 0.1) is 0 Å². The first kappa shape index (κ1) is 14.4. The Kier molecular flexibility index (Phi) is 4.23. The third kappa shape index (κ3) is 3.36. The molecule has 0 bridgehead atoms. The largest absolute Gasteiger partial charge is 0.383 e. The first-order valence-corrected chi connectivity index (χ1v) is 7.54. The fourth-order valence-electron chi connectivity index (χ4n) is 2.51. The van der Waals surface area contributed by atoms with Crippen LogP contribution in [0.4, 0.5) is 5.69 Å². The van der Waals surface area contributed by atoms with Gasteiger partial charge >= 0.3 is 0 Å². The lowest BCUT2D eigenvalue weighted by atomic mass is 10.1. The molecule has 0 fully saturated rings. The van der Waals surface area contributed by atoms with Crippen LogP contribution in [0.15, 0.2) is 55.1 Å². The second-order valence-electron chi connectivity index (χ2n) is 5.55. The second kappa shape index (κ2) is 6.47. The van der Waals surface area contributed by atoms with Gasteiger partial charge in [0, 0.05) is 55.7 Å². The zero-order chi connectivity index (χ0) is 15.4. The molecule has 22 heavy (non-hydrogen) atoms. The molecule has 0 aliphatic carbocycles. The number of aromatic nitrogens is 4. The highest BCUT2D eigenvalue weighted by Gasteiger charge is 2.06. The van der Waals surface area contributed by atoms with Crippen molar-refractivity contribution >= 4 is 5.69 Å². The minimum absolute atomic E-state index is 0.376. The molecule has 1 aromatic carbocycles. The van der Waals surface area contributed by atoms with E-state index in [0.29, 0.717) is 6.04 Å². The maximum absolute atomic E-state index is 4.40. The lowest BCUT2D eigenvalue weighted by molar-refractivity contribution is 0.546. The molecule has 5 nitrogen and oxygen atoms in total. The maximum atomic E-state index is 4.40. The smallest absolute Gasteiger partial charge is 0.139 e. The van der Waals surface area contributed by atoms with Crippen molar-refractivity contribution in [3.05, 3.63) is 55.1 Å². The van der Waals surface area contributed by atoms with Gasteiger partial charge in [-0.15, -0.1) is 0 Å². The van der Waals surface area contributed by atoms with Gasteiger partial charge in [0.05, 0.1) is 0 Å². The molecule has 3 rings (SSSR count). The van der Waals surface area contributed by atoms with Gasteiger partial charge in [-0.05, 0) is 31.5 Å². The fourth-order valence-corrected chi connectivity index (χ4v) is 2.51. The molecule has 3 aromatic rings. The zero-order valence-electron chi connectivity index (χ0n) is 13.0. The number of benzene rings is 1. The molecule has 1 N–H and O–H groups in total. The van der Waals surface area contributed by atoms with E-state index in [4.69, 9.17) is 0 Å². The SMILES string of the molecule is C[C@@H](CCn1cccn1)Nc1cccc(-c2nccn2C)c1. The molecular weight excluding hydrogens is 274 g/mol. The van der Waals surface area contributed by atoms with E-state index in [1.807, 2.05) is 47.2 Å². The Morgan fingerprint density at radius 1 is 1.18 bits per heavy atom. The summed E-state index contributed by atoms with van der Waals surface area (Å²) in [5.41, 5.74) is 2.24. The van der Waals surface area contributed by atoms with E-state index >= 15 is 0 Å². The molecule has 0 unspecified atom stereocenters. The molecule has 114 valence electrons. The van der Waals surface area contributed by atoms with Crippen molar-refractivity contribution in [3.8, 4) is 11.4 Å². The van der Waals surface area contributed by atoms with Crippen LogP contribution >= 0.6 is 0 Å². The molecule has 1 atom stereocenters. The summed E-state index contributed by atoms with van der Waals surface area (Å²) in [6, 6.07) is 10.7. The van der Waals surface area contributed by atoms with Crippen molar-refractivity contribution < 1.29 is 0 Å². The lowest BCUT2D eigenvalue weighted by Gasteiger charge is -2.16. The van der Waals surface area contributed by atoms with E-state index in [2.05, 4.69) is 46.6 Å². The number of hydrogen-bond donors (Lipinski definition) is 1. The molecule has 0 amide bonds.